The van der Waals surface area contributed by atoms with Gasteiger partial charge in [0.1, 0.15) is 18.5 Å². The van der Waals surface area contributed by atoms with Crippen molar-refractivity contribution in [2.45, 2.75) is 52.6 Å². The van der Waals surface area contributed by atoms with Gasteiger partial charge in [-0.3, -0.25) is 9.59 Å². The molecule has 3 rings (SSSR count). The van der Waals surface area contributed by atoms with E-state index < -0.39 is 17.6 Å². The molecule has 0 aliphatic heterocycles. The van der Waals surface area contributed by atoms with Crippen LogP contribution in [0.25, 0.3) is 5.65 Å². The lowest BCUT2D eigenvalue weighted by Gasteiger charge is -2.19. The predicted octanol–water partition coefficient (Wildman–Crippen LogP) is -0.468. The summed E-state index contributed by atoms with van der Waals surface area (Å²) in [6.07, 6.45) is 2.48. The number of fused-ring (bicyclic) bond motifs is 1. The monoisotopic (exact) mass is 489 g/mol. The second-order valence-electron chi connectivity index (χ2n) is 9.59. The molecule has 190 valence electrons. The molecular formula is C20H31N11O4. The van der Waals surface area contributed by atoms with Gasteiger partial charge in [0, 0.05) is 25.2 Å². The van der Waals surface area contributed by atoms with Crippen LogP contribution in [0, 0.1) is 0 Å². The SMILES string of the molecule is CNC(=O)n1cnc(C(=O)NC(C)(C)C)c1N.Cn1nnc2c(C(=O)NC(C)(C)C)ncn2c1=O. The number of aromatic nitrogens is 7. The minimum atomic E-state index is -0.440. The van der Waals surface area contributed by atoms with E-state index in [1.54, 1.807) is 0 Å². The molecule has 15 nitrogen and oxygen atoms in total. The summed E-state index contributed by atoms with van der Waals surface area (Å²) < 4.78 is 3.34. The first-order valence-corrected chi connectivity index (χ1v) is 10.5. The van der Waals surface area contributed by atoms with E-state index >= 15 is 0 Å². The molecule has 0 saturated heterocycles. The number of anilines is 1. The third-order valence-corrected chi connectivity index (χ3v) is 4.14. The van der Waals surface area contributed by atoms with Gasteiger partial charge in [-0.05, 0) is 41.5 Å². The van der Waals surface area contributed by atoms with Gasteiger partial charge in [0.25, 0.3) is 11.8 Å². The largest absolute Gasteiger partial charge is 0.383 e. The lowest BCUT2D eigenvalue weighted by atomic mass is 10.1. The second-order valence-corrected chi connectivity index (χ2v) is 9.59. The Morgan fingerprint density at radius 1 is 0.914 bits per heavy atom. The number of nitrogens with zero attached hydrogens (tertiary/aromatic N) is 7. The number of hydrogen-bond donors (Lipinski definition) is 4. The summed E-state index contributed by atoms with van der Waals surface area (Å²) >= 11 is 0. The molecule has 3 amide bonds. The maximum atomic E-state index is 12.0. The number of aryl methyl sites for hydroxylation is 1. The number of carbonyl (C=O) groups excluding carboxylic acids is 3. The van der Waals surface area contributed by atoms with Crippen LogP contribution in [0.15, 0.2) is 17.4 Å². The number of nitrogen functional groups attached to an aromatic ring is 1. The molecule has 3 aromatic rings. The third kappa shape index (κ3) is 6.61. The highest BCUT2D eigenvalue weighted by Gasteiger charge is 2.23. The van der Waals surface area contributed by atoms with E-state index in [4.69, 9.17) is 5.73 Å². The summed E-state index contributed by atoms with van der Waals surface area (Å²) in [5.41, 5.74) is 4.79. The Morgan fingerprint density at radius 3 is 1.94 bits per heavy atom. The van der Waals surface area contributed by atoms with Gasteiger partial charge in [0.05, 0.1) is 0 Å². The molecule has 0 aliphatic carbocycles. The third-order valence-electron chi connectivity index (χ3n) is 4.14. The Labute approximate surface area is 201 Å². The summed E-state index contributed by atoms with van der Waals surface area (Å²) in [6, 6.07) is -0.440. The van der Waals surface area contributed by atoms with Gasteiger partial charge in [0.15, 0.2) is 17.0 Å². The minimum absolute atomic E-state index is 0.0195. The van der Waals surface area contributed by atoms with Crippen LogP contribution in [0.3, 0.4) is 0 Å². The molecule has 5 N–H and O–H groups in total. The first-order chi connectivity index (χ1) is 16.1. The zero-order chi connectivity index (χ0) is 26.7. The second kappa shape index (κ2) is 9.90. The van der Waals surface area contributed by atoms with Crippen molar-refractivity contribution in [1.82, 2.24) is 49.9 Å². The van der Waals surface area contributed by atoms with Crippen molar-refractivity contribution >= 4 is 29.3 Å². The van der Waals surface area contributed by atoms with E-state index in [0.29, 0.717) is 0 Å². The lowest BCUT2D eigenvalue weighted by Crippen LogP contribution is -2.41. The van der Waals surface area contributed by atoms with E-state index in [-0.39, 0.29) is 39.8 Å². The number of imidazole rings is 2. The lowest BCUT2D eigenvalue weighted by molar-refractivity contribution is 0.0906. The molecule has 0 bridgehead atoms. The van der Waals surface area contributed by atoms with E-state index in [1.165, 1.54) is 31.2 Å². The number of nitrogens with one attached hydrogen (secondary N) is 3. The zero-order valence-electron chi connectivity index (χ0n) is 21.0. The maximum absolute atomic E-state index is 12.0. The highest BCUT2D eigenvalue weighted by molar-refractivity contribution is 5.99. The first-order valence-electron chi connectivity index (χ1n) is 10.5. The molecule has 15 heteroatoms. The molecule has 0 aliphatic rings. The van der Waals surface area contributed by atoms with Crippen LogP contribution in [-0.4, -0.2) is 69.9 Å². The van der Waals surface area contributed by atoms with Crippen molar-refractivity contribution in [1.29, 1.82) is 0 Å². The Hall–Kier alpha value is -4.30. The van der Waals surface area contributed by atoms with E-state index in [0.717, 1.165) is 9.25 Å². The Balaban J connectivity index is 0.000000247. The van der Waals surface area contributed by atoms with Gasteiger partial charge in [-0.25, -0.2) is 28.5 Å². The normalized spacial score (nSPS) is 11.4. The Bertz CT molecular complexity index is 1310. The summed E-state index contributed by atoms with van der Waals surface area (Å²) in [4.78, 5) is 54.6. The van der Waals surface area contributed by atoms with Crippen molar-refractivity contribution in [3.63, 3.8) is 0 Å². The van der Waals surface area contributed by atoms with Crippen molar-refractivity contribution in [3.8, 4) is 0 Å². The fourth-order valence-electron chi connectivity index (χ4n) is 2.66. The van der Waals surface area contributed by atoms with Crippen LogP contribution in [-0.2, 0) is 7.05 Å². The smallest absolute Gasteiger partial charge is 0.352 e. The average Bonchev–Trinajstić information content (AvgIpc) is 3.32. The van der Waals surface area contributed by atoms with Gasteiger partial charge in [-0.1, -0.05) is 5.21 Å². The molecule has 0 aromatic carbocycles. The van der Waals surface area contributed by atoms with E-state index in [2.05, 4.69) is 36.2 Å². The van der Waals surface area contributed by atoms with Crippen molar-refractivity contribution in [2.75, 3.05) is 12.8 Å². The van der Waals surface area contributed by atoms with Crippen LogP contribution in [0.2, 0.25) is 0 Å². The van der Waals surface area contributed by atoms with E-state index in [1.807, 2.05) is 41.5 Å². The van der Waals surface area contributed by atoms with Gasteiger partial charge < -0.3 is 21.7 Å². The zero-order valence-corrected chi connectivity index (χ0v) is 21.0. The average molecular weight is 490 g/mol. The minimum Gasteiger partial charge on any atom is -0.383 e. The van der Waals surface area contributed by atoms with Crippen LogP contribution >= 0.6 is 0 Å². The number of amides is 3. The van der Waals surface area contributed by atoms with Crippen LogP contribution in [0.4, 0.5) is 10.6 Å². The molecule has 0 spiro atoms. The highest BCUT2D eigenvalue weighted by atomic mass is 16.2. The van der Waals surface area contributed by atoms with Gasteiger partial charge in [0.2, 0.25) is 0 Å². The maximum Gasteiger partial charge on any atom is 0.352 e. The van der Waals surface area contributed by atoms with Gasteiger partial charge in [-0.15, -0.1) is 5.10 Å². The van der Waals surface area contributed by atoms with Gasteiger partial charge in [-0.2, -0.15) is 4.68 Å². The Morgan fingerprint density at radius 2 is 1.43 bits per heavy atom. The summed E-state index contributed by atoms with van der Waals surface area (Å²) in [5.74, 6) is -0.767. The molecule has 0 atom stereocenters. The molecule has 35 heavy (non-hydrogen) atoms. The van der Waals surface area contributed by atoms with Crippen LogP contribution < -0.4 is 27.4 Å². The predicted molar refractivity (Wildman–Crippen MR) is 127 cm³/mol. The quantitative estimate of drug-likeness (QED) is 0.368. The van der Waals surface area contributed by atoms with Gasteiger partial charge >= 0.3 is 11.7 Å². The molecule has 0 radical (unpaired) electrons. The van der Waals surface area contributed by atoms with Crippen LogP contribution in [0.5, 0.6) is 0 Å². The van der Waals surface area contributed by atoms with E-state index in [9.17, 15) is 19.2 Å². The standard InChI is InChI=1S/C10H14N6O2.C10H17N5O2/c1-10(2,3)12-8(17)6-7-13-14-15(4)9(18)16(7)5-11-6;1-10(2,3)14-8(16)6-7(11)15(5-13-6)9(17)12-4/h5H,1-4H3,(H,12,17);5H,11H2,1-4H3,(H,12,17)(H,14,16). The summed E-state index contributed by atoms with van der Waals surface area (Å²) in [7, 11) is 2.94. The first kappa shape index (κ1) is 26.9. The number of hydrogen-bond acceptors (Lipinski definition) is 9. The summed E-state index contributed by atoms with van der Waals surface area (Å²) in [5, 5.41) is 15.3. The van der Waals surface area contributed by atoms with Crippen molar-refractivity contribution in [2.24, 2.45) is 7.05 Å². The molecule has 3 heterocycles. The fraction of sp³-hybridized carbons (Fsp3) is 0.500. The highest BCUT2D eigenvalue weighted by Crippen LogP contribution is 2.11. The summed E-state index contributed by atoms with van der Waals surface area (Å²) in [6.45, 7) is 11.1. The molecule has 0 unspecified atom stereocenters. The molecular weight excluding hydrogens is 458 g/mol. The van der Waals surface area contributed by atoms with Crippen molar-refractivity contribution < 1.29 is 14.4 Å². The van der Waals surface area contributed by atoms with Crippen molar-refractivity contribution in [3.05, 3.63) is 34.5 Å². The number of carbonyl (C=O) groups is 3. The number of rotatable bonds is 2. The molecule has 0 fully saturated rings. The fourth-order valence-corrected chi connectivity index (χ4v) is 2.66. The van der Waals surface area contributed by atoms with Crippen LogP contribution in [0.1, 0.15) is 62.5 Å². The molecule has 3 aromatic heterocycles. The molecule has 0 saturated carbocycles. The number of nitrogens with two attached hydrogens (primary N) is 1. The Kier molecular flexibility index (Phi) is 7.63. The topological polar surface area (TPSA) is 196 Å².